The molecule has 5 heteroatoms. The number of nitrogens with one attached hydrogen (secondary N) is 1. The third-order valence-electron chi connectivity index (χ3n) is 2.70. The van der Waals surface area contributed by atoms with Gasteiger partial charge >= 0.3 is 0 Å². The minimum absolute atomic E-state index is 0.0960. The van der Waals surface area contributed by atoms with Crippen LogP contribution in [0.25, 0.3) is 0 Å². The number of amides is 1. The number of pyridine rings is 1. The Balaban J connectivity index is 2.59. The minimum atomic E-state index is -0.418. The van der Waals surface area contributed by atoms with E-state index in [0.29, 0.717) is 6.54 Å². The molecule has 0 saturated carbocycles. The van der Waals surface area contributed by atoms with Crippen LogP contribution >= 0.6 is 12.2 Å². The molecule has 1 unspecified atom stereocenters. The molecule has 0 aliphatic carbocycles. The van der Waals surface area contributed by atoms with Crippen molar-refractivity contribution in [1.82, 2.24) is 10.3 Å². The Morgan fingerprint density at radius 1 is 1.50 bits per heavy atom. The number of aryl methyl sites for hydroxylation is 1. The van der Waals surface area contributed by atoms with Gasteiger partial charge in [0.15, 0.2) is 0 Å². The molecule has 98 valence electrons. The molecule has 0 saturated heterocycles. The summed E-state index contributed by atoms with van der Waals surface area (Å²) >= 11 is 4.92. The van der Waals surface area contributed by atoms with Crippen LogP contribution in [-0.2, 0) is 11.3 Å². The van der Waals surface area contributed by atoms with E-state index < -0.39 is 5.92 Å². The smallest absolute Gasteiger partial charge is 0.230 e. The van der Waals surface area contributed by atoms with Gasteiger partial charge in [-0.3, -0.25) is 9.78 Å². The Hall–Kier alpha value is -1.49. The highest BCUT2D eigenvalue weighted by Gasteiger charge is 2.24. The van der Waals surface area contributed by atoms with Crippen LogP contribution in [-0.4, -0.2) is 15.9 Å². The monoisotopic (exact) mass is 265 g/mol. The van der Waals surface area contributed by atoms with Crippen LogP contribution in [0.5, 0.6) is 0 Å². The van der Waals surface area contributed by atoms with Crippen molar-refractivity contribution in [2.45, 2.75) is 27.3 Å². The van der Waals surface area contributed by atoms with Crippen molar-refractivity contribution in [1.29, 1.82) is 0 Å². The van der Waals surface area contributed by atoms with Crippen LogP contribution in [0.3, 0.4) is 0 Å². The largest absolute Gasteiger partial charge is 0.393 e. The zero-order valence-electron chi connectivity index (χ0n) is 10.9. The SMILES string of the molecule is Cc1ccc(CNC(=O)C(C(N)=S)C(C)C)cn1. The molecule has 0 radical (unpaired) electrons. The van der Waals surface area contributed by atoms with Crippen LogP contribution in [0.2, 0.25) is 0 Å². The van der Waals surface area contributed by atoms with Crippen LogP contribution in [0.1, 0.15) is 25.1 Å². The molecule has 1 aromatic heterocycles. The second-order valence-electron chi connectivity index (χ2n) is 4.65. The summed E-state index contributed by atoms with van der Waals surface area (Å²) in [5.41, 5.74) is 7.50. The molecule has 1 amide bonds. The maximum absolute atomic E-state index is 12.0. The first-order valence-corrected chi connectivity index (χ1v) is 6.31. The number of thiocarbonyl (C=S) groups is 1. The Morgan fingerprint density at radius 2 is 2.17 bits per heavy atom. The fourth-order valence-corrected chi connectivity index (χ4v) is 2.04. The Labute approximate surface area is 113 Å². The topological polar surface area (TPSA) is 68.0 Å². The van der Waals surface area contributed by atoms with E-state index >= 15 is 0 Å². The lowest BCUT2D eigenvalue weighted by atomic mass is 9.95. The van der Waals surface area contributed by atoms with E-state index in [0.717, 1.165) is 11.3 Å². The predicted molar refractivity (Wildman–Crippen MR) is 75.9 cm³/mol. The van der Waals surface area contributed by atoms with E-state index in [1.165, 1.54) is 0 Å². The highest BCUT2D eigenvalue weighted by molar-refractivity contribution is 7.80. The van der Waals surface area contributed by atoms with Gasteiger partial charge in [0.25, 0.3) is 0 Å². The first-order chi connectivity index (χ1) is 8.41. The summed E-state index contributed by atoms with van der Waals surface area (Å²) in [6, 6.07) is 3.85. The molecule has 0 bridgehead atoms. The number of carbonyl (C=O) groups is 1. The third kappa shape index (κ3) is 4.07. The summed E-state index contributed by atoms with van der Waals surface area (Å²) in [4.78, 5) is 16.4. The maximum Gasteiger partial charge on any atom is 0.230 e. The number of rotatable bonds is 5. The average molecular weight is 265 g/mol. The average Bonchev–Trinajstić information content (AvgIpc) is 2.27. The molecule has 1 atom stereocenters. The molecule has 0 aliphatic heterocycles. The second-order valence-corrected chi connectivity index (χ2v) is 5.12. The zero-order valence-corrected chi connectivity index (χ0v) is 11.8. The first kappa shape index (κ1) is 14.6. The van der Waals surface area contributed by atoms with Gasteiger partial charge in [-0.1, -0.05) is 32.1 Å². The van der Waals surface area contributed by atoms with Gasteiger partial charge in [0.1, 0.15) is 0 Å². The quantitative estimate of drug-likeness (QED) is 0.793. The van der Waals surface area contributed by atoms with Gasteiger partial charge in [0.05, 0.1) is 10.9 Å². The summed E-state index contributed by atoms with van der Waals surface area (Å²) in [6.45, 7) is 6.22. The summed E-state index contributed by atoms with van der Waals surface area (Å²) in [5.74, 6) is -0.449. The molecule has 0 aromatic carbocycles. The van der Waals surface area contributed by atoms with Crippen molar-refractivity contribution in [2.24, 2.45) is 17.6 Å². The van der Waals surface area contributed by atoms with E-state index in [1.54, 1.807) is 6.20 Å². The number of carbonyl (C=O) groups excluding carboxylic acids is 1. The van der Waals surface area contributed by atoms with Crippen LogP contribution in [0, 0.1) is 18.8 Å². The van der Waals surface area contributed by atoms with E-state index in [1.807, 2.05) is 32.9 Å². The zero-order chi connectivity index (χ0) is 13.7. The van der Waals surface area contributed by atoms with Crippen molar-refractivity contribution < 1.29 is 4.79 Å². The molecule has 18 heavy (non-hydrogen) atoms. The molecule has 0 fully saturated rings. The number of hydrogen-bond acceptors (Lipinski definition) is 3. The van der Waals surface area contributed by atoms with Gasteiger partial charge < -0.3 is 11.1 Å². The first-order valence-electron chi connectivity index (χ1n) is 5.90. The summed E-state index contributed by atoms with van der Waals surface area (Å²) in [7, 11) is 0. The van der Waals surface area contributed by atoms with E-state index in [-0.39, 0.29) is 16.8 Å². The van der Waals surface area contributed by atoms with Crippen molar-refractivity contribution in [3.8, 4) is 0 Å². The molecule has 3 N–H and O–H groups in total. The molecule has 0 aliphatic rings. The van der Waals surface area contributed by atoms with Gasteiger partial charge in [-0.05, 0) is 24.5 Å². The lowest BCUT2D eigenvalue weighted by molar-refractivity contribution is -0.124. The normalized spacial score (nSPS) is 12.2. The molecule has 4 nitrogen and oxygen atoms in total. The number of nitrogens with two attached hydrogens (primary N) is 1. The third-order valence-corrected chi connectivity index (χ3v) is 2.95. The number of hydrogen-bond donors (Lipinski definition) is 2. The van der Waals surface area contributed by atoms with Gasteiger partial charge in [-0.15, -0.1) is 0 Å². The second kappa shape index (κ2) is 6.44. The van der Waals surface area contributed by atoms with E-state index in [2.05, 4.69) is 10.3 Å². The molecule has 1 rings (SSSR count). The molecule has 1 heterocycles. The highest BCUT2D eigenvalue weighted by atomic mass is 32.1. The number of nitrogens with zero attached hydrogens (tertiary/aromatic N) is 1. The Kier molecular flexibility index (Phi) is 5.22. The Morgan fingerprint density at radius 3 is 2.61 bits per heavy atom. The van der Waals surface area contributed by atoms with Crippen molar-refractivity contribution >= 4 is 23.1 Å². The van der Waals surface area contributed by atoms with Crippen molar-refractivity contribution in [3.63, 3.8) is 0 Å². The summed E-state index contributed by atoms with van der Waals surface area (Å²) in [5, 5.41) is 2.83. The summed E-state index contributed by atoms with van der Waals surface area (Å²) < 4.78 is 0. The fraction of sp³-hybridized carbons (Fsp3) is 0.462. The molecule has 1 aromatic rings. The van der Waals surface area contributed by atoms with Gasteiger partial charge in [0, 0.05) is 18.4 Å². The van der Waals surface area contributed by atoms with E-state index in [4.69, 9.17) is 18.0 Å². The van der Waals surface area contributed by atoms with Crippen LogP contribution < -0.4 is 11.1 Å². The standard InChI is InChI=1S/C13H19N3OS/c1-8(2)11(12(14)18)13(17)16-7-10-5-4-9(3)15-6-10/h4-6,8,11H,7H2,1-3H3,(H2,14,18)(H,16,17). The lowest BCUT2D eigenvalue weighted by Crippen LogP contribution is -2.40. The predicted octanol–water partition coefficient (Wildman–Crippen LogP) is 1.56. The summed E-state index contributed by atoms with van der Waals surface area (Å²) in [6.07, 6.45) is 1.75. The Bertz CT molecular complexity index is 428. The lowest BCUT2D eigenvalue weighted by Gasteiger charge is -2.18. The van der Waals surface area contributed by atoms with Crippen LogP contribution in [0.15, 0.2) is 18.3 Å². The highest BCUT2D eigenvalue weighted by Crippen LogP contribution is 2.11. The van der Waals surface area contributed by atoms with E-state index in [9.17, 15) is 4.79 Å². The molecule has 0 spiro atoms. The maximum atomic E-state index is 12.0. The minimum Gasteiger partial charge on any atom is -0.393 e. The molecular formula is C13H19N3OS. The fourth-order valence-electron chi connectivity index (χ4n) is 1.66. The van der Waals surface area contributed by atoms with Gasteiger partial charge in [0.2, 0.25) is 5.91 Å². The van der Waals surface area contributed by atoms with Crippen molar-refractivity contribution in [2.75, 3.05) is 0 Å². The van der Waals surface area contributed by atoms with Crippen LogP contribution in [0.4, 0.5) is 0 Å². The van der Waals surface area contributed by atoms with Crippen molar-refractivity contribution in [3.05, 3.63) is 29.6 Å². The number of aromatic nitrogens is 1. The molecular weight excluding hydrogens is 246 g/mol. The van der Waals surface area contributed by atoms with Gasteiger partial charge in [-0.2, -0.15) is 0 Å². The van der Waals surface area contributed by atoms with Gasteiger partial charge in [-0.25, -0.2) is 0 Å².